The second kappa shape index (κ2) is 7.21. The van der Waals surface area contributed by atoms with E-state index < -0.39 is 5.97 Å². The number of furan rings is 1. The fraction of sp³-hybridized carbons (Fsp3) is 0.211. The van der Waals surface area contributed by atoms with E-state index in [0.717, 1.165) is 11.8 Å². The molecule has 2 amide bonds. The maximum Gasteiger partial charge on any atom is 0.335 e. The van der Waals surface area contributed by atoms with Gasteiger partial charge in [-0.3, -0.25) is 14.5 Å². The van der Waals surface area contributed by atoms with E-state index in [1.165, 1.54) is 23.1 Å². The van der Waals surface area contributed by atoms with E-state index in [-0.39, 0.29) is 22.8 Å². The van der Waals surface area contributed by atoms with Gasteiger partial charge in [0.2, 0.25) is 0 Å². The highest BCUT2D eigenvalue weighted by Crippen LogP contribution is 2.35. The van der Waals surface area contributed by atoms with Crippen LogP contribution in [0.2, 0.25) is 0 Å². The summed E-state index contributed by atoms with van der Waals surface area (Å²) in [5, 5.41) is 8.80. The van der Waals surface area contributed by atoms with Gasteiger partial charge in [-0.15, -0.1) is 0 Å². The number of nitrogens with zero attached hydrogens (tertiary/aromatic N) is 1. The van der Waals surface area contributed by atoms with Crippen molar-refractivity contribution in [2.45, 2.75) is 26.3 Å². The summed E-state index contributed by atoms with van der Waals surface area (Å²) in [6, 6.07) is 9.62. The number of carboxylic acids is 1. The third-order valence-electron chi connectivity index (χ3n) is 4.15. The first-order valence-electron chi connectivity index (χ1n) is 8.11. The number of rotatable bonds is 5. The second-order valence-corrected chi connectivity index (χ2v) is 6.89. The zero-order valence-corrected chi connectivity index (χ0v) is 15.1. The third kappa shape index (κ3) is 3.43. The van der Waals surface area contributed by atoms with Crippen LogP contribution in [0.1, 0.15) is 36.4 Å². The van der Waals surface area contributed by atoms with Gasteiger partial charge < -0.3 is 9.52 Å². The third-order valence-corrected chi connectivity index (χ3v) is 5.03. The van der Waals surface area contributed by atoms with E-state index in [1.54, 1.807) is 24.3 Å². The molecular weight excluding hydrogens is 354 g/mol. The normalized spacial score (nSPS) is 17.2. The van der Waals surface area contributed by atoms with Crippen LogP contribution in [0.5, 0.6) is 0 Å². The number of aromatic carboxylic acids is 1. The largest absolute Gasteiger partial charge is 0.478 e. The minimum absolute atomic E-state index is 0.153. The van der Waals surface area contributed by atoms with Gasteiger partial charge in [0.1, 0.15) is 11.5 Å². The molecule has 0 bridgehead atoms. The maximum atomic E-state index is 12.4. The molecule has 1 fully saturated rings. The van der Waals surface area contributed by atoms with Crippen LogP contribution in [0.4, 0.5) is 4.79 Å². The number of thioether (sulfide) groups is 1. The summed E-state index contributed by atoms with van der Waals surface area (Å²) in [4.78, 5) is 37.1. The van der Waals surface area contributed by atoms with Crippen LogP contribution in [-0.4, -0.2) is 33.2 Å². The molecule has 26 heavy (non-hydrogen) atoms. The summed E-state index contributed by atoms with van der Waals surface area (Å²) < 4.78 is 5.71. The molecular formula is C19H17NO5S. The number of hydrogen-bond donors (Lipinski definition) is 1. The first-order valence-corrected chi connectivity index (χ1v) is 8.93. The Morgan fingerprint density at radius 3 is 2.77 bits per heavy atom. The summed E-state index contributed by atoms with van der Waals surface area (Å²) in [6.45, 7) is 3.75. The first-order chi connectivity index (χ1) is 12.4. The van der Waals surface area contributed by atoms with Crippen molar-refractivity contribution >= 4 is 35.0 Å². The smallest absolute Gasteiger partial charge is 0.335 e. The highest BCUT2D eigenvalue weighted by atomic mass is 32.2. The van der Waals surface area contributed by atoms with Crippen LogP contribution < -0.4 is 0 Å². The Balaban J connectivity index is 1.86. The molecule has 1 aromatic heterocycles. The van der Waals surface area contributed by atoms with Crippen molar-refractivity contribution < 1.29 is 23.9 Å². The standard InChI is InChI=1S/C19H17NO5S/c1-3-11(2)20-17(21)16(26-19(20)24)10-14-7-8-15(25-14)12-5-4-6-13(9-12)18(22)23/h4-11H,3H2,1-2H3,(H,22,23)/b16-10+/t11-/m1/s1. The van der Waals surface area contributed by atoms with Crippen LogP contribution in [0.25, 0.3) is 17.4 Å². The summed E-state index contributed by atoms with van der Waals surface area (Å²) >= 11 is 0.893. The fourth-order valence-corrected chi connectivity index (χ4v) is 3.47. The molecule has 1 atom stereocenters. The molecule has 0 radical (unpaired) electrons. The van der Waals surface area contributed by atoms with Gasteiger partial charge in [-0.05, 0) is 49.4 Å². The first kappa shape index (κ1) is 18.0. The average molecular weight is 371 g/mol. The molecule has 0 aliphatic carbocycles. The number of carbonyl (C=O) groups is 3. The lowest BCUT2D eigenvalue weighted by Crippen LogP contribution is -2.36. The molecule has 0 saturated carbocycles. The molecule has 0 unspecified atom stereocenters. The van der Waals surface area contributed by atoms with Crippen molar-refractivity contribution in [1.82, 2.24) is 4.90 Å². The molecule has 6 nitrogen and oxygen atoms in total. The molecule has 2 heterocycles. The lowest BCUT2D eigenvalue weighted by atomic mass is 10.1. The molecule has 1 aromatic carbocycles. The van der Waals surface area contributed by atoms with Crippen LogP contribution in [0.15, 0.2) is 45.7 Å². The van der Waals surface area contributed by atoms with Crippen LogP contribution in [0.3, 0.4) is 0 Å². The van der Waals surface area contributed by atoms with E-state index in [4.69, 9.17) is 9.52 Å². The minimum Gasteiger partial charge on any atom is -0.478 e. The van der Waals surface area contributed by atoms with Crippen LogP contribution >= 0.6 is 11.8 Å². The van der Waals surface area contributed by atoms with E-state index in [2.05, 4.69) is 0 Å². The van der Waals surface area contributed by atoms with Crippen LogP contribution in [-0.2, 0) is 4.79 Å². The summed E-state index contributed by atoms with van der Waals surface area (Å²) in [7, 11) is 0. The molecule has 134 valence electrons. The zero-order valence-electron chi connectivity index (χ0n) is 14.3. The molecule has 1 N–H and O–H groups in total. The van der Waals surface area contributed by atoms with Crippen molar-refractivity contribution in [3.05, 3.63) is 52.6 Å². The SMILES string of the molecule is CC[C@@H](C)N1C(=O)S/C(=C/c2ccc(-c3cccc(C(=O)O)c3)o2)C1=O. The average Bonchev–Trinajstić information content (AvgIpc) is 3.19. The number of carboxylic acid groups (broad SMARTS) is 1. The van der Waals surface area contributed by atoms with E-state index in [9.17, 15) is 14.4 Å². The minimum atomic E-state index is -1.02. The predicted octanol–water partition coefficient (Wildman–Crippen LogP) is 4.48. The van der Waals surface area contributed by atoms with Gasteiger partial charge in [0.25, 0.3) is 11.1 Å². The molecule has 1 aliphatic rings. The molecule has 1 saturated heterocycles. The quantitative estimate of drug-likeness (QED) is 0.780. The van der Waals surface area contributed by atoms with Gasteiger partial charge in [-0.2, -0.15) is 0 Å². The summed E-state index contributed by atoms with van der Waals surface area (Å²) in [5.41, 5.74) is 0.785. The predicted molar refractivity (Wildman–Crippen MR) is 98.7 cm³/mol. The number of benzene rings is 1. The Morgan fingerprint density at radius 1 is 1.31 bits per heavy atom. The second-order valence-electron chi connectivity index (χ2n) is 5.90. The van der Waals surface area contributed by atoms with Gasteiger partial charge in [0.05, 0.1) is 10.5 Å². The molecule has 7 heteroatoms. The summed E-state index contributed by atoms with van der Waals surface area (Å²) in [6.07, 6.45) is 2.23. The molecule has 1 aliphatic heterocycles. The van der Waals surface area contributed by atoms with Gasteiger partial charge >= 0.3 is 5.97 Å². The summed E-state index contributed by atoms with van der Waals surface area (Å²) in [5.74, 6) is -0.423. The van der Waals surface area contributed by atoms with E-state index in [0.29, 0.717) is 28.4 Å². The zero-order chi connectivity index (χ0) is 18.8. The molecule has 3 rings (SSSR count). The Morgan fingerprint density at radius 2 is 2.08 bits per heavy atom. The van der Waals surface area contributed by atoms with Gasteiger partial charge in [-0.25, -0.2) is 4.79 Å². The lowest BCUT2D eigenvalue weighted by Gasteiger charge is -2.19. The van der Waals surface area contributed by atoms with Gasteiger partial charge in [-0.1, -0.05) is 19.1 Å². The van der Waals surface area contributed by atoms with Crippen LogP contribution in [0, 0.1) is 0 Å². The number of hydrogen-bond acceptors (Lipinski definition) is 5. The number of amides is 2. The Kier molecular flexibility index (Phi) is 4.99. The maximum absolute atomic E-state index is 12.4. The van der Waals surface area contributed by atoms with E-state index >= 15 is 0 Å². The fourth-order valence-electron chi connectivity index (χ4n) is 2.56. The van der Waals surface area contributed by atoms with Crippen molar-refractivity contribution in [2.24, 2.45) is 0 Å². The highest BCUT2D eigenvalue weighted by molar-refractivity contribution is 8.18. The monoisotopic (exact) mass is 371 g/mol. The Hall–Kier alpha value is -2.80. The van der Waals surface area contributed by atoms with Gasteiger partial charge in [0.15, 0.2) is 0 Å². The van der Waals surface area contributed by atoms with Crippen molar-refractivity contribution in [3.8, 4) is 11.3 Å². The Labute approximate surface area is 154 Å². The van der Waals surface area contributed by atoms with Crippen molar-refractivity contribution in [2.75, 3.05) is 0 Å². The number of imide groups is 1. The number of carbonyl (C=O) groups excluding carboxylic acids is 2. The van der Waals surface area contributed by atoms with Gasteiger partial charge in [0, 0.05) is 17.7 Å². The topological polar surface area (TPSA) is 87.8 Å². The molecule has 2 aromatic rings. The highest BCUT2D eigenvalue weighted by Gasteiger charge is 2.37. The van der Waals surface area contributed by atoms with E-state index in [1.807, 2.05) is 13.8 Å². The molecule has 0 spiro atoms. The van der Waals surface area contributed by atoms with Crippen molar-refractivity contribution in [1.29, 1.82) is 0 Å². The lowest BCUT2D eigenvalue weighted by molar-refractivity contribution is -0.124. The Bertz CT molecular complexity index is 914. The van der Waals surface area contributed by atoms with Crippen molar-refractivity contribution in [3.63, 3.8) is 0 Å².